The molecule has 3 N–H and O–H groups in total. The van der Waals surface area contributed by atoms with Crippen molar-refractivity contribution in [2.45, 2.75) is 95.5 Å². The number of esters is 1. The Kier molecular flexibility index (Phi) is 7.18. The lowest BCUT2D eigenvalue weighted by Crippen LogP contribution is -2.70. The first-order valence-corrected chi connectivity index (χ1v) is 13.8. The van der Waals surface area contributed by atoms with E-state index in [2.05, 4.69) is 4.84 Å². The van der Waals surface area contributed by atoms with Crippen LogP contribution in [-0.2, 0) is 33.4 Å². The standard InChI is InChI=1S/C28H38FNO10/c1-24(2)39-22-13-19-18-8-7-16-12-17(31)9-10-25(16,3)27(18,29)20(32)14-26(19,4)28(22,40-24)21(33)15-37-23(34)6-5-11-38-30(35)36/h9-10,12,18-20,22,32,35-36H,5-8,11,13-15H2,1-4H3/t18?,19-,20-,22+,25-,26-,27-,28+/m0/s1. The minimum Gasteiger partial charge on any atom is -0.458 e. The highest BCUT2D eigenvalue weighted by Gasteiger charge is 2.80. The van der Waals surface area contributed by atoms with Gasteiger partial charge in [0.25, 0.3) is 0 Å². The van der Waals surface area contributed by atoms with Crippen molar-refractivity contribution in [1.82, 2.24) is 5.39 Å². The summed E-state index contributed by atoms with van der Waals surface area (Å²) in [6, 6.07) is 0. The molecule has 0 radical (unpaired) electrons. The van der Waals surface area contributed by atoms with Gasteiger partial charge >= 0.3 is 5.97 Å². The second-order valence-corrected chi connectivity index (χ2v) is 12.6. The molecule has 8 atom stereocenters. The zero-order valence-corrected chi connectivity index (χ0v) is 23.2. The Bertz CT molecular complexity index is 1150. The van der Waals surface area contributed by atoms with Crippen molar-refractivity contribution >= 4 is 17.5 Å². The largest absolute Gasteiger partial charge is 0.458 e. The van der Waals surface area contributed by atoms with Crippen LogP contribution in [-0.4, -0.2) is 80.9 Å². The minimum absolute atomic E-state index is 0.0822. The SMILES string of the molecule is CC1(C)O[C@@H]2C[C@H]3C4CCC5=CC(=O)C=C[C@]5(C)[C@@]4(F)[C@@H](O)C[C@]3(C)[C@]2(C(=O)COC(=O)CCCON(O)O)O1. The summed E-state index contributed by atoms with van der Waals surface area (Å²) in [6.07, 6.45) is 3.35. The van der Waals surface area contributed by atoms with Gasteiger partial charge in [-0.1, -0.05) is 18.6 Å². The zero-order chi connectivity index (χ0) is 29.3. The van der Waals surface area contributed by atoms with E-state index < -0.39 is 69.8 Å². The van der Waals surface area contributed by atoms with E-state index in [-0.39, 0.29) is 37.6 Å². The van der Waals surface area contributed by atoms with Gasteiger partial charge in [0.1, 0.15) is 0 Å². The van der Waals surface area contributed by atoms with Crippen LogP contribution >= 0.6 is 0 Å². The molecule has 1 heterocycles. The summed E-state index contributed by atoms with van der Waals surface area (Å²) in [6.45, 7) is 6.20. The number of alkyl halides is 1. The van der Waals surface area contributed by atoms with Crippen LogP contribution in [0.5, 0.6) is 0 Å². The van der Waals surface area contributed by atoms with Crippen LogP contribution < -0.4 is 0 Å². The molecule has 1 aliphatic heterocycles. The van der Waals surface area contributed by atoms with Crippen molar-refractivity contribution < 1.29 is 53.3 Å². The predicted molar refractivity (Wildman–Crippen MR) is 133 cm³/mol. The molecule has 0 amide bonds. The van der Waals surface area contributed by atoms with Crippen LogP contribution in [0.2, 0.25) is 0 Å². The van der Waals surface area contributed by atoms with Gasteiger partial charge in [0.15, 0.2) is 29.4 Å². The molecule has 0 aromatic rings. The van der Waals surface area contributed by atoms with Gasteiger partial charge in [-0.15, -0.1) is 0 Å². The molecule has 1 saturated heterocycles. The normalized spacial score (nSPS) is 43.0. The van der Waals surface area contributed by atoms with Gasteiger partial charge in [0, 0.05) is 23.2 Å². The third-order valence-corrected chi connectivity index (χ3v) is 10.1. The Hall–Kier alpha value is -2.06. The number of allylic oxidation sites excluding steroid dienone is 4. The molecule has 0 bridgehead atoms. The number of rotatable bonds is 8. The van der Waals surface area contributed by atoms with E-state index in [0.29, 0.717) is 24.8 Å². The summed E-state index contributed by atoms with van der Waals surface area (Å²) in [4.78, 5) is 42.8. The predicted octanol–water partition coefficient (Wildman–Crippen LogP) is 2.76. The van der Waals surface area contributed by atoms with E-state index in [0.717, 1.165) is 0 Å². The Labute approximate surface area is 231 Å². The molecule has 5 aliphatic rings. The molecule has 11 nitrogen and oxygen atoms in total. The number of hydrogen-bond acceptors (Lipinski definition) is 11. The molecule has 3 saturated carbocycles. The molecule has 222 valence electrons. The fraction of sp³-hybridized carbons (Fsp3) is 0.750. The van der Waals surface area contributed by atoms with E-state index in [9.17, 15) is 19.5 Å². The highest BCUT2D eigenvalue weighted by molar-refractivity contribution is 6.01. The van der Waals surface area contributed by atoms with Gasteiger partial charge in [0.2, 0.25) is 5.78 Å². The molecule has 5 rings (SSSR count). The van der Waals surface area contributed by atoms with Crippen molar-refractivity contribution in [3.05, 3.63) is 23.8 Å². The van der Waals surface area contributed by atoms with Gasteiger partial charge in [0.05, 0.1) is 24.2 Å². The Morgan fingerprint density at radius 3 is 2.62 bits per heavy atom. The zero-order valence-electron chi connectivity index (χ0n) is 23.2. The number of ether oxygens (including phenoxy) is 3. The van der Waals surface area contributed by atoms with Gasteiger partial charge in [-0.05, 0) is 70.9 Å². The molecule has 4 fully saturated rings. The van der Waals surface area contributed by atoms with Crippen LogP contribution in [0.15, 0.2) is 23.8 Å². The summed E-state index contributed by atoms with van der Waals surface area (Å²) in [7, 11) is 0. The first-order valence-electron chi connectivity index (χ1n) is 13.8. The van der Waals surface area contributed by atoms with E-state index in [1.165, 1.54) is 12.2 Å². The number of hydrogen-bond donors (Lipinski definition) is 3. The number of nitrogens with zero attached hydrogens (tertiary/aromatic N) is 1. The third-order valence-electron chi connectivity index (χ3n) is 10.1. The van der Waals surface area contributed by atoms with Crippen LogP contribution in [0.25, 0.3) is 0 Å². The molecule has 0 aromatic carbocycles. The van der Waals surface area contributed by atoms with Crippen LogP contribution in [0.1, 0.15) is 66.2 Å². The van der Waals surface area contributed by atoms with Crippen molar-refractivity contribution in [3.63, 3.8) is 0 Å². The summed E-state index contributed by atoms with van der Waals surface area (Å²) in [5.41, 5.74) is -5.16. The Morgan fingerprint density at radius 1 is 1.20 bits per heavy atom. The molecule has 0 spiro atoms. The van der Waals surface area contributed by atoms with Crippen LogP contribution in [0, 0.1) is 22.7 Å². The second-order valence-electron chi connectivity index (χ2n) is 12.6. The molecular weight excluding hydrogens is 529 g/mol. The van der Waals surface area contributed by atoms with Gasteiger partial charge in [-0.2, -0.15) is 0 Å². The number of aliphatic hydroxyl groups is 1. The number of carbonyl (C=O) groups excluding carboxylic acids is 3. The number of Topliss-reactive ketones (excluding diaryl/α,β-unsaturated/α-hetero) is 1. The summed E-state index contributed by atoms with van der Waals surface area (Å²) < 4.78 is 35.3. The lowest BCUT2D eigenvalue weighted by Gasteiger charge is -2.62. The van der Waals surface area contributed by atoms with Crippen molar-refractivity contribution in [1.29, 1.82) is 0 Å². The topological polar surface area (TPSA) is 152 Å². The quantitative estimate of drug-likeness (QED) is 0.226. The summed E-state index contributed by atoms with van der Waals surface area (Å²) in [5.74, 6) is -3.55. The van der Waals surface area contributed by atoms with Crippen molar-refractivity contribution in [2.75, 3.05) is 13.2 Å². The number of aliphatic hydroxyl groups excluding tert-OH is 1. The minimum atomic E-state index is -2.07. The molecule has 40 heavy (non-hydrogen) atoms. The van der Waals surface area contributed by atoms with E-state index >= 15 is 4.39 Å². The molecule has 0 aromatic heterocycles. The van der Waals surface area contributed by atoms with Crippen molar-refractivity contribution in [2.24, 2.45) is 22.7 Å². The van der Waals surface area contributed by atoms with E-state index in [1.54, 1.807) is 26.8 Å². The molecule has 1 unspecified atom stereocenters. The Morgan fingerprint density at radius 2 is 1.93 bits per heavy atom. The number of fused-ring (bicyclic) bond motifs is 7. The summed E-state index contributed by atoms with van der Waals surface area (Å²) in [5, 5.41) is 28.3. The fourth-order valence-electron chi connectivity index (χ4n) is 8.50. The smallest absolute Gasteiger partial charge is 0.306 e. The maximum absolute atomic E-state index is 17.4. The maximum atomic E-state index is 17.4. The maximum Gasteiger partial charge on any atom is 0.306 e. The monoisotopic (exact) mass is 567 g/mol. The highest BCUT2D eigenvalue weighted by Crippen LogP contribution is 2.72. The van der Waals surface area contributed by atoms with E-state index in [4.69, 9.17) is 24.6 Å². The van der Waals surface area contributed by atoms with Gasteiger partial charge in [-0.3, -0.25) is 29.6 Å². The van der Waals surface area contributed by atoms with E-state index in [1.807, 2.05) is 6.92 Å². The van der Waals surface area contributed by atoms with Gasteiger partial charge in [-0.25, -0.2) is 4.39 Å². The Balaban J connectivity index is 1.42. The molecular formula is C28H38FNO10. The lowest BCUT2D eigenvalue weighted by atomic mass is 9.44. The average molecular weight is 568 g/mol. The molecule has 12 heteroatoms. The van der Waals surface area contributed by atoms with Crippen molar-refractivity contribution in [3.8, 4) is 0 Å². The number of ketones is 2. The average Bonchev–Trinajstić information content (AvgIpc) is 3.27. The first kappa shape index (κ1) is 29.4. The molecule has 4 aliphatic carbocycles. The van der Waals surface area contributed by atoms with Crippen LogP contribution in [0.3, 0.4) is 0 Å². The first-order chi connectivity index (χ1) is 18.6. The van der Waals surface area contributed by atoms with Crippen LogP contribution in [0.4, 0.5) is 4.39 Å². The lowest BCUT2D eigenvalue weighted by molar-refractivity contribution is -0.492. The number of carbonyl (C=O) groups is 3. The fourth-order valence-corrected chi connectivity index (χ4v) is 8.50. The highest BCUT2D eigenvalue weighted by atomic mass is 19.1. The number of halogens is 1. The third kappa shape index (κ3) is 4.14. The second kappa shape index (κ2) is 9.75. The van der Waals surface area contributed by atoms with Gasteiger partial charge < -0.3 is 19.3 Å². The summed E-state index contributed by atoms with van der Waals surface area (Å²) >= 11 is 0.